The van der Waals surface area contributed by atoms with Crippen LogP contribution in [0.25, 0.3) is 104 Å². The Kier molecular flexibility index (Phi) is 7.57. The van der Waals surface area contributed by atoms with Crippen molar-refractivity contribution < 1.29 is 8.83 Å². The summed E-state index contributed by atoms with van der Waals surface area (Å²) in [5.41, 5.74) is 14.2. The number of aromatic nitrogens is 1. The van der Waals surface area contributed by atoms with E-state index in [4.69, 9.17) is 8.83 Å². The molecular formula is C58H36N2O2. The number of furan rings is 2. The van der Waals surface area contributed by atoms with E-state index in [0.29, 0.717) is 0 Å². The summed E-state index contributed by atoms with van der Waals surface area (Å²) in [5, 5.41) is 9.13. The summed E-state index contributed by atoms with van der Waals surface area (Å²) in [7, 11) is 0. The SMILES string of the molecule is c1cc(-c2cccc3c2oc2ccccc23)cc(N(c2cc(-c3ccccc3-n3c4ccccc4c4ccccc43)c3oc4ccccc4c3c2)c2cccc3ccccc23)c1. The first kappa shape index (κ1) is 34.5. The molecule has 0 bridgehead atoms. The molecule has 0 radical (unpaired) electrons. The first-order valence-electron chi connectivity index (χ1n) is 21.1. The van der Waals surface area contributed by atoms with E-state index in [-0.39, 0.29) is 0 Å². The molecule has 0 aliphatic carbocycles. The van der Waals surface area contributed by atoms with Crippen LogP contribution in [0.1, 0.15) is 0 Å². The lowest BCUT2D eigenvalue weighted by atomic mass is 9.97. The maximum Gasteiger partial charge on any atom is 0.143 e. The van der Waals surface area contributed by atoms with Crippen molar-refractivity contribution in [2.24, 2.45) is 0 Å². The highest BCUT2D eigenvalue weighted by atomic mass is 16.3. The Balaban J connectivity index is 1.10. The fourth-order valence-corrected chi connectivity index (χ4v) is 9.84. The van der Waals surface area contributed by atoms with Crippen LogP contribution in [0.2, 0.25) is 0 Å². The minimum Gasteiger partial charge on any atom is -0.455 e. The maximum atomic E-state index is 6.91. The van der Waals surface area contributed by atoms with E-state index in [1.54, 1.807) is 0 Å². The summed E-state index contributed by atoms with van der Waals surface area (Å²) >= 11 is 0. The highest BCUT2D eigenvalue weighted by Gasteiger charge is 2.24. The molecule has 0 saturated heterocycles. The van der Waals surface area contributed by atoms with Gasteiger partial charge in [-0.05, 0) is 71.6 Å². The third kappa shape index (κ3) is 5.20. The fraction of sp³-hybridized carbons (Fsp3) is 0. The van der Waals surface area contributed by atoms with E-state index in [1.165, 1.54) is 16.2 Å². The van der Waals surface area contributed by atoms with Crippen molar-refractivity contribution in [1.29, 1.82) is 0 Å². The molecule has 4 nitrogen and oxygen atoms in total. The highest BCUT2D eigenvalue weighted by Crippen LogP contribution is 2.47. The number of nitrogens with zero attached hydrogens (tertiary/aromatic N) is 2. The van der Waals surface area contributed by atoms with Crippen LogP contribution in [0.5, 0.6) is 0 Å². The Morgan fingerprint density at radius 2 is 0.887 bits per heavy atom. The summed E-state index contributed by atoms with van der Waals surface area (Å²) < 4.78 is 15.9. The third-order valence-corrected chi connectivity index (χ3v) is 12.6. The number of benzene rings is 10. The Morgan fingerprint density at radius 3 is 1.66 bits per heavy atom. The number of fused-ring (bicyclic) bond motifs is 10. The van der Waals surface area contributed by atoms with Crippen LogP contribution < -0.4 is 4.90 Å². The van der Waals surface area contributed by atoms with E-state index < -0.39 is 0 Å². The summed E-state index contributed by atoms with van der Waals surface area (Å²) in [6, 6.07) is 78.0. The topological polar surface area (TPSA) is 34.5 Å². The van der Waals surface area contributed by atoms with Gasteiger partial charge in [0.15, 0.2) is 0 Å². The van der Waals surface area contributed by atoms with E-state index in [1.807, 2.05) is 18.2 Å². The molecule has 0 aliphatic rings. The van der Waals surface area contributed by atoms with Crippen molar-refractivity contribution in [3.05, 3.63) is 218 Å². The van der Waals surface area contributed by atoms with Gasteiger partial charge < -0.3 is 18.3 Å². The minimum absolute atomic E-state index is 0.853. The van der Waals surface area contributed by atoms with Gasteiger partial charge in [0.2, 0.25) is 0 Å². The molecule has 0 atom stereocenters. The normalized spacial score (nSPS) is 11.9. The molecule has 290 valence electrons. The predicted octanol–water partition coefficient (Wildman–Crippen LogP) is 16.5. The second-order valence-electron chi connectivity index (χ2n) is 16.0. The lowest BCUT2D eigenvalue weighted by Gasteiger charge is -2.28. The Labute approximate surface area is 356 Å². The second-order valence-corrected chi connectivity index (χ2v) is 16.0. The molecule has 0 fully saturated rings. The molecule has 0 spiro atoms. The van der Waals surface area contributed by atoms with Gasteiger partial charge >= 0.3 is 0 Å². The van der Waals surface area contributed by atoms with Gasteiger partial charge in [-0.15, -0.1) is 0 Å². The van der Waals surface area contributed by atoms with Gasteiger partial charge in [0.25, 0.3) is 0 Å². The van der Waals surface area contributed by atoms with E-state index in [9.17, 15) is 0 Å². The van der Waals surface area contributed by atoms with Crippen LogP contribution in [0, 0.1) is 0 Å². The average Bonchev–Trinajstić information content (AvgIpc) is 4.02. The quantitative estimate of drug-likeness (QED) is 0.168. The fourth-order valence-electron chi connectivity index (χ4n) is 9.84. The number of anilines is 3. The predicted molar refractivity (Wildman–Crippen MR) is 258 cm³/mol. The monoisotopic (exact) mass is 792 g/mol. The van der Waals surface area contributed by atoms with Crippen molar-refractivity contribution in [1.82, 2.24) is 4.57 Å². The summed E-state index contributed by atoms with van der Waals surface area (Å²) in [5.74, 6) is 0. The maximum absolute atomic E-state index is 6.91. The first-order chi connectivity index (χ1) is 30.8. The van der Waals surface area contributed by atoms with Crippen LogP contribution in [-0.4, -0.2) is 4.57 Å². The van der Waals surface area contributed by atoms with Gasteiger partial charge in [-0.3, -0.25) is 0 Å². The summed E-state index contributed by atoms with van der Waals surface area (Å²) in [6.45, 7) is 0. The zero-order valence-corrected chi connectivity index (χ0v) is 33.5. The van der Waals surface area contributed by atoms with Crippen LogP contribution in [0.3, 0.4) is 0 Å². The molecule has 10 aromatic carbocycles. The van der Waals surface area contributed by atoms with Crippen LogP contribution >= 0.6 is 0 Å². The largest absolute Gasteiger partial charge is 0.455 e. The van der Waals surface area contributed by atoms with Gasteiger partial charge in [0, 0.05) is 65.8 Å². The zero-order valence-electron chi connectivity index (χ0n) is 33.5. The first-order valence-corrected chi connectivity index (χ1v) is 21.1. The summed E-state index contributed by atoms with van der Waals surface area (Å²) in [6.07, 6.45) is 0. The number of rotatable bonds is 6. The molecule has 3 aromatic heterocycles. The van der Waals surface area contributed by atoms with Gasteiger partial charge in [-0.1, -0.05) is 158 Å². The van der Waals surface area contributed by atoms with E-state index in [2.05, 4.69) is 210 Å². The lowest BCUT2D eigenvalue weighted by Crippen LogP contribution is -2.11. The van der Waals surface area contributed by atoms with Crippen LogP contribution in [0.15, 0.2) is 227 Å². The highest BCUT2D eigenvalue weighted by molar-refractivity contribution is 6.15. The van der Waals surface area contributed by atoms with Crippen molar-refractivity contribution in [2.75, 3.05) is 4.90 Å². The molecule has 0 saturated carbocycles. The van der Waals surface area contributed by atoms with Gasteiger partial charge in [0.1, 0.15) is 22.3 Å². The van der Waals surface area contributed by atoms with Crippen LogP contribution in [0.4, 0.5) is 17.1 Å². The van der Waals surface area contributed by atoms with Crippen molar-refractivity contribution >= 4 is 93.5 Å². The standard InChI is InChI=1S/C58H36N2O2/c1-2-20-41-37(16-1)17-14-31-51(41)59(39-19-13-18-38(34-39)42-26-15-27-48-46-24-6-11-32-55(46)61-57(42)48)40-35-49(58-50(36-40)47-25-7-12-33-56(47)62-58)45-23-5-10-30-54(45)60-52-28-8-3-21-43(52)44-22-4-9-29-53(44)60/h1-36H. The Bertz CT molecular complexity index is 3840. The second kappa shape index (κ2) is 13.6. The molecule has 0 aliphatic heterocycles. The van der Waals surface area contributed by atoms with E-state index in [0.717, 1.165) is 105 Å². The summed E-state index contributed by atoms with van der Waals surface area (Å²) in [4.78, 5) is 2.42. The molecule has 13 rings (SSSR count). The molecule has 0 N–H and O–H groups in total. The third-order valence-electron chi connectivity index (χ3n) is 12.6. The molecule has 3 heterocycles. The molecule has 0 unspecified atom stereocenters. The lowest BCUT2D eigenvalue weighted by molar-refractivity contribution is 0.669. The van der Waals surface area contributed by atoms with Gasteiger partial charge in [-0.25, -0.2) is 0 Å². The zero-order chi connectivity index (χ0) is 40.7. The van der Waals surface area contributed by atoms with Crippen molar-refractivity contribution in [2.45, 2.75) is 0 Å². The van der Waals surface area contributed by atoms with Gasteiger partial charge in [-0.2, -0.15) is 0 Å². The van der Waals surface area contributed by atoms with Crippen LogP contribution in [-0.2, 0) is 0 Å². The average molecular weight is 793 g/mol. The molecular weight excluding hydrogens is 757 g/mol. The minimum atomic E-state index is 0.853. The molecule has 13 aromatic rings. The number of hydrogen-bond acceptors (Lipinski definition) is 3. The number of para-hydroxylation sites is 6. The Morgan fingerprint density at radius 1 is 0.339 bits per heavy atom. The Hall–Kier alpha value is -8.34. The molecule has 0 amide bonds. The van der Waals surface area contributed by atoms with Gasteiger partial charge in [0.05, 0.1) is 22.4 Å². The molecule has 4 heteroatoms. The van der Waals surface area contributed by atoms with Crippen molar-refractivity contribution in [3.8, 4) is 27.9 Å². The van der Waals surface area contributed by atoms with E-state index >= 15 is 0 Å². The molecule has 62 heavy (non-hydrogen) atoms. The van der Waals surface area contributed by atoms with Crippen molar-refractivity contribution in [3.63, 3.8) is 0 Å². The smallest absolute Gasteiger partial charge is 0.143 e. The number of hydrogen-bond donors (Lipinski definition) is 0.